The summed E-state index contributed by atoms with van der Waals surface area (Å²) >= 11 is 0. The summed E-state index contributed by atoms with van der Waals surface area (Å²) in [5, 5.41) is 6.84. The van der Waals surface area contributed by atoms with Gasteiger partial charge in [0.25, 0.3) is 0 Å². The molecule has 1 saturated heterocycles. The van der Waals surface area contributed by atoms with Crippen molar-refractivity contribution in [2.75, 3.05) is 20.2 Å². The van der Waals surface area contributed by atoms with Crippen LogP contribution in [0.5, 0.6) is 5.75 Å². The molecule has 1 aromatic heterocycles. The largest absolute Gasteiger partial charge is 0.497 e. The molecular weight excluding hydrogens is 456 g/mol. The van der Waals surface area contributed by atoms with Crippen LogP contribution >= 0.6 is 0 Å². The van der Waals surface area contributed by atoms with E-state index in [0.29, 0.717) is 42.2 Å². The maximum Gasteiger partial charge on any atom is 0.243 e. The summed E-state index contributed by atoms with van der Waals surface area (Å²) in [4.78, 5) is 17.1. The molecule has 180 valence electrons. The van der Waals surface area contributed by atoms with Gasteiger partial charge < -0.3 is 14.6 Å². The second-order valence-electron chi connectivity index (χ2n) is 8.36. The minimum atomic E-state index is -3.73. The van der Waals surface area contributed by atoms with Gasteiger partial charge in [0.1, 0.15) is 5.75 Å². The third kappa shape index (κ3) is 5.13. The fourth-order valence-corrected chi connectivity index (χ4v) is 5.77. The SMILES string of the molecule is COc1cccc(CNC(=O)C2CCN(S(=O)(=O)c3cc(-c4noc(C)n4)ccc3C)CC2)c1. The van der Waals surface area contributed by atoms with Crippen LogP contribution in [0.1, 0.15) is 29.9 Å². The highest BCUT2D eigenvalue weighted by atomic mass is 32.2. The summed E-state index contributed by atoms with van der Waals surface area (Å²) in [6.07, 6.45) is 0.928. The second-order valence-corrected chi connectivity index (χ2v) is 10.3. The Balaban J connectivity index is 1.40. The number of nitrogens with zero attached hydrogens (tertiary/aromatic N) is 3. The molecule has 0 radical (unpaired) electrons. The van der Waals surface area contributed by atoms with Crippen molar-refractivity contribution in [1.29, 1.82) is 0 Å². The molecule has 0 atom stereocenters. The summed E-state index contributed by atoms with van der Waals surface area (Å²) in [6.45, 7) is 4.40. The normalized spacial score (nSPS) is 15.3. The molecule has 0 unspecified atom stereocenters. The lowest BCUT2D eigenvalue weighted by Gasteiger charge is -2.31. The molecule has 2 heterocycles. The summed E-state index contributed by atoms with van der Waals surface area (Å²) in [5.74, 6) is 1.20. The second kappa shape index (κ2) is 9.94. The zero-order valence-corrected chi connectivity index (χ0v) is 20.3. The van der Waals surface area contributed by atoms with Crippen LogP contribution in [-0.4, -0.2) is 49.0 Å². The monoisotopic (exact) mass is 484 g/mol. The molecular formula is C24H28N4O5S. The lowest BCUT2D eigenvalue weighted by molar-refractivity contribution is -0.126. The Kier molecular flexibility index (Phi) is 6.99. The Morgan fingerprint density at radius 1 is 1.18 bits per heavy atom. The number of ether oxygens (including phenoxy) is 1. The Bertz CT molecular complexity index is 1280. The zero-order valence-electron chi connectivity index (χ0n) is 19.4. The predicted molar refractivity (Wildman–Crippen MR) is 126 cm³/mol. The molecule has 0 aliphatic carbocycles. The van der Waals surface area contributed by atoms with Crippen molar-refractivity contribution in [2.24, 2.45) is 5.92 Å². The predicted octanol–water partition coefficient (Wildman–Crippen LogP) is 3.08. The Hall–Kier alpha value is -3.24. The minimum Gasteiger partial charge on any atom is -0.497 e. The highest BCUT2D eigenvalue weighted by Gasteiger charge is 2.33. The molecule has 10 heteroatoms. The first-order valence-electron chi connectivity index (χ1n) is 11.1. The number of benzene rings is 2. The first kappa shape index (κ1) is 23.9. The fourth-order valence-electron chi connectivity index (χ4n) is 4.05. The fraction of sp³-hybridized carbons (Fsp3) is 0.375. The number of amides is 1. The van der Waals surface area contributed by atoms with E-state index in [4.69, 9.17) is 9.26 Å². The van der Waals surface area contributed by atoms with E-state index in [1.54, 1.807) is 39.2 Å². The average Bonchev–Trinajstić information content (AvgIpc) is 3.29. The topological polar surface area (TPSA) is 115 Å². The summed E-state index contributed by atoms with van der Waals surface area (Å²) in [6, 6.07) is 12.6. The van der Waals surface area contributed by atoms with Crippen LogP contribution in [0, 0.1) is 19.8 Å². The summed E-state index contributed by atoms with van der Waals surface area (Å²) in [7, 11) is -2.13. The maximum absolute atomic E-state index is 13.4. The van der Waals surface area contributed by atoms with Crippen molar-refractivity contribution < 1.29 is 22.5 Å². The molecule has 1 aliphatic rings. The van der Waals surface area contributed by atoms with Gasteiger partial charge in [-0.25, -0.2) is 8.42 Å². The van der Waals surface area contributed by atoms with Gasteiger partial charge in [-0.05, 0) is 49.1 Å². The van der Waals surface area contributed by atoms with Crippen LogP contribution in [0.2, 0.25) is 0 Å². The number of sulfonamides is 1. The molecule has 1 fully saturated rings. The Labute approximate surface area is 199 Å². The smallest absolute Gasteiger partial charge is 0.243 e. The number of aryl methyl sites for hydroxylation is 2. The highest BCUT2D eigenvalue weighted by molar-refractivity contribution is 7.89. The number of rotatable bonds is 7. The van der Waals surface area contributed by atoms with Crippen molar-refractivity contribution >= 4 is 15.9 Å². The van der Waals surface area contributed by atoms with Gasteiger partial charge in [0.2, 0.25) is 27.6 Å². The average molecular weight is 485 g/mol. The maximum atomic E-state index is 13.4. The van der Waals surface area contributed by atoms with Gasteiger partial charge in [-0.2, -0.15) is 9.29 Å². The first-order valence-corrected chi connectivity index (χ1v) is 12.5. The van der Waals surface area contributed by atoms with E-state index in [2.05, 4.69) is 15.5 Å². The van der Waals surface area contributed by atoms with Crippen molar-refractivity contribution in [2.45, 2.75) is 38.1 Å². The van der Waals surface area contributed by atoms with E-state index < -0.39 is 10.0 Å². The van der Waals surface area contributed by atoms with Gasteiger partial charge in [0.05, 0.1) is 12.0 Å². The van der Waals surface area contributed by atoms with Crippen LogP contribution in [0.4, 0.5) is 0 Å². The van der Waals surface area contributed by atoms with Crippen LogP contribution in [-0.2, 0) is 21.4 Å². The number of carbonyl (C=O) groups excluding carboxylic acids is 1. The van der Waals surface area contributed by atoms with Crippen molar-refractivity contribution in [3.05, 3.63) is 59.5 Å². The van der Waals surface area contributed by atoms with E-state index >= 15 is 0 Å². The quantitative estimate of drug-likeness (QED) is 0.548. The minimum absolute atomic E-state index is 0.0643. The number of hydrogen-bond acceptors (Lipinski definition) is 7. The van der Waals surface area contributed by atoms with Crippen molar-refractivity contribution in [1.82, 2.24) is 19.8 Å². The van der Waals surface area contributed by atoms with Crippen molar-refractivity contribution in [3.8, 4) is 17.1 Å². The molecule has 0 spiro atoms. The number of methoxy groups -OCH3 is 1. The molecule has 3 aromatic rings. The molecule has 1 N–H and O–H groups in total. The molecule has 1 aliphatic heterocycles. The zero-order chi connectivity index (χ0) is 24.3. The number of aromatic nitrogens is 2. The molecule has 4 rings (SSSR count). The van der Waals surface area contributed by atoms with Crippen LogP contribution in [0.25, 0.3) is 11.4 Å². The van der Waals surface area contributed by atoms with Gasteiger partial charge in [0, 0.05) is 38.0 Å². The Morgan fingerprint density at radius 2 is 1.94 bits per heavy atom. The number of carbonyl (C=O) groups is 1. The number of piperidine rings is 1. The van der Waals surface area contributed by atoms with E-state index in [1.807, 2.05) is 24.3 Å². The van der Waals surface area contributed by atoms with E-state index in [0.717, 1.165) is 11.3 Å². The van der Waals surface area contributed by atoms with Gasteiger partial charge >= 0.3 is 0 Å². The molecule has 34 heavy (non-hydrogen) atoms. The van der Waals surface area contributed by atoms with Gasteiger partial charge in [-0.3, -0.25) is 4.79 Å². The number of nitrogens with one attached hydrogen (secondary N) is 1. The van der Waals surface area contributed by atoms with Crippen LogP contribution in [0.3, 0.4) is 0 Å². The van der Waals surface area contributed by atoms with Gasteiger partial charge in [0.15, 0.2) is 0 Å². The summed E-state index contributed by atoms with van der Waals surface area (Å²) < 4.78 is 38.5. The van der Waals surface area contributed by atoms with E-state index in [9.17, 15) is 13.2 Å². The lowest BCUT2D eigenvalue weighted by Crippen LogP contribution is -2.43. The van der Waals surface area contributed by atoms with Gasteiger partial charge in [-0.15, -0.1) is 0 Å². The van der Waals surface area contributed by atoms with E-state index in [-0.39, 0.29) is 29.8 Å². The summed E-state index contributed by atoms with van der Waals surface area (Å²) in [5.41, 5.74) is 2.16. The first-order chi connectivity index (χ1) is 16.3. The third-order valence-electron chi connectivity index (χ3n) is 6.02. The molecule has 0 saturated carbocycles. The number of hydrogen-bond donors (Lipinski definition) is 1. The molecule has 2 aromatic carbocycles. The van der Waals surface area contributed by atoms with Gasteiger partial charge in [-0.1, -0.05) is 29.4 Å². The standard InChI is InChI=1S/C24H28N4O5S/c1-16-7-8-20(23-26-17(2)33-27-23)14-22(16)34(30,31)28-11-9-19(10-12-28)24(29)25-15-18-5-4-6-21(13-18)32-3/h4-8,13-14,19H,9-12,15H2,1-3H3,(H,25,29). The lowest BCUT2D eigenvalue weighted by atomic mass is 9.97. The van der Waals surface area contributed by atoms with E-state index in [1.165, 1.54) is 4.31 Å². The third-order valence-corrected chi connectivity index (χ3v) is 8.06. The Morgan fingerprint density at radius 3 is 2.62 bits per heavy atom. The molecule has 0 bridgehead atoms. The molecule has 9 nitrogen and oxygen atoms in total. The highest BCUT2D eigenvalue weighted by Crippen LogP contribution is 2.29. The van der Waals surface area contributed by atoms with Crippen LogP contribution in [0.15, 0.2) is 51.9 Å². The molecule has 1 amide bonds. The van der Waals surface area contributed by atoms with Crippen molar-refractivity contribution in [3.63, 3.8) is 0 Å². The van der Waals surface area contributed by atoms with Crippen LogP contribution < -0.4 is 10.1 Å².